The molecule has 13 heteroatoms. The van der Waals surface area contributed by atoms with Gasteiger partial charge in [0, 0.05) is 0 Å². The van der Waals surface area contributed by atoms with Crippen molar-refractivity contribution in [2.75, 3.05) is 27.9 Å². The summed E-state index contributed by atoms with van der Waals surface area (Å²) in [6.07, 6.45) is 6.79. The van der Waals surface area contributed by atoms with Crippen molar-refractivity contribution in [2.45, 2.75) is 160 Å². The van der Waals surface area contributed by atoms with Gasteiger partial charge >= 0.3 is 342 Å². The number of nitrogens with zero attached hydrogens (tertiary/aromatic N) is 1. The number of cyclic esters (lactones) is 1. The Morgan fingerprint density at radius 1 is 0.965 bits per heavy atom. The number of carbonyl (C=O) groups excluding carboxylic acids is 3. The first-order chi connectivity index (χ1) is 27.0. The van der Waals surface area contributed by atoms with Crippen LogP contribution >= 0.6 is 0 Å². The van der Waals surface area contributed by atoms with Gasteiger partial charge in [-0.1, -0.05) is 6.92 Å². The molecular weight excluding hydrogens is 777 g/mol. The van der Waals surface area contributed by atoms with Gasteiger partial charge in [-0.3, -0.25) is 0 Å². The molecule has 1 aliphatic carbocycles. The molecule has 0 aromatic heterocycles. The monoisotopic (exact) mass is 845 g/mol. The fourth-order valence-corrected chi connectivity index (χ4v) is 9.79. The zero-order valence-electron chi connectivity index (χ0n) is 35.3. The van der Waals surface area contributed by atoms with E-state index in [1.165, 1.54) is 4.90 Å². The summed E-state index contributed by atoms with van der Waals surface area (Å²) in [6.45, 7) is 13.6. The van der Waals surface area contributed by atoms with Crippen LogP contribution in [0.3, 0.4) is 0 Å². The number of carbonyl (C=O) groups is 3. The van der Waals surface area contributed by atoms with E-state index in [4.69, 9.17) is 38.7 Å². The number of ketones is 1. The minimum absolute atomic E-state index is 0.0325. The number of rotatable bonds is 7. The first-order valence-electron chi connectivity index (χ1n) is 20.8. The molecule has 2 saturated heterocycles. The molecule has 14 atom stereocenters. The van der Waals surface area contributed by atoms with Crippen LogP contribution in [0.25, 0.3) is 0 Å². The molecular formula is C44H69NNiO11. The van der Waals surface area contributed by atoms with Crippen molar-refractivity contribution in [3.8, 4) is 0 Å². The van der Waals surface area contributed by atoms with Crippen LogP contribution in [0, 0.1) is 29.6 Å². The summed E-state index contributed by atoms with van der Waals surface area (Å²) in [5.41, 5.74) is 1.82. The number of allylic oxidation sites excluding steroid dienone is 4. The van der Waals surface area contributed by atoms with Gasteiger partial charge in [0.25, 0.3) is 0 Å². The Kier molecular flexibility index (Phi) is 17.9. The van der Waals surface area contributed by atoms with Gasteiger partial charge in [-0.05, 0) is 0 Å². The average Bonchev–Trinajstić information content (AvgIpc) is 3.18. The van der Waals surface area contributed by atoms with Crippen LogP contribution in [0.5, 0.6) is 0 Å². The molecule has 0 aromatic carbocycles. The molecule has 1 amide bonds. The van der Waals surface area contributed by atoms with Gasteiger partial charge in [0.1, 0.15) is 0 Å². The molecule has 326 valence electrons. The normalized spacial score (nSPS) is 41.0. The van der Waals surface area contributed by atoms with Crippen LogP contribution < -0.4 is 0 Å². The Balaban J connectivity index is 1.78. The number of hydrogen-bond acceptors (Lipinski definition) is 11. The van der Waals surface area contributed by atoms with E-state index in [9.17, 15) is 29.7 Å². The second-order valence-corrected chi connectivity index (χ2v) is 17.8. The molecule has 1 saturated carbocycles. The molecule has 57 heavy (non-hydrogen) atoms. The van der Waals surface area contributed by atoms with Crippen molar-refractivity contribution >= 4 is 22.2 Å². The average molecular weight is 847 g/mol. The fourth-order valence-electron chi connectivity index (χ4n) is 9.39. The Hall–Kier alpha value is -2.09. The van der Waals surface area contributed by atoms with Crippen molar-refractivity contribution in [2.24, 2.45) is 29.6 Å². The van der Waals surface area contributed by atoms with Gasteiger partial charge in [0.05, 0.1) is 0 Å². The van der Waals surface area contributed by atoms with E-state index in [1.54, 1.807) is 28.3 Å². The third kappa shape index (κ3) is 11.6. The van der Waals surface area contributed by atoms with Gasteiger partial charge in [-0.25, -0.2) is 0 Å². The maximum absolute atomic E-state index is 14.3. The molecule has 3 fully saturated rings. The van der Waals surface area contributed by atoms with Crippen LogP contribution in [0.4, 0.5) is 0 Å². The van der Waals surface area contributed by atoms with Crippen molar-refractivity contribution in [1.29, 1.82) is 0 Å². The van der Waals surface area contributed by atoms with Gasteiger partial charge in [0.15, 0.2) is 0 Å². The zero-order valence-corrected chi connectivity index (χ0v) is 36.3. The topological polar surface area (TPSA) is 161 Å². The van der Waals surface area contributed by atoms with E-state index in [-0.39, 0.29) is 49.7 Å². The molecule has 2 bridgehead atoms. The molecule has 12 nitrogen and oxygen atoms in total. The van der Waals surface area contributed by atoms with Gasteiger partial charge in [0.2, 0.25) is 0 Å². The Morgan fingerprint density at radius 2 is 1.63 bits per heavy atom. The van der Waals surface area contributed by atoms with Crippen molar-refractivity contribution in [3.05, 3.63) is 36.0 Å². The van der Waals surface area contributed by atoms with Gasteiger partial charge in [-0.2, -0.15) is 0 Å². The van der Waals surface area contributed by atoms with Crippen LogP contribution in [0.2, 0.25) is 0 Å². The predicted octanol–water partition coefficient (Wildman–Crippen LogP) is 4.79. The third-order valence-corrected chi connectivity index (χ3v) is 13.4. The molecule has 0 radical (unpaired) electrons. The second-order valence-electron chi connectivity index (χ2n) is 17.2. The number of Topliss-reactive ketones (excluding diaryl/α,β-unsaturated/α-hetero) is 1. The van der Waals surface area contributed by atoms with Crippen LogP contribution in [0.1, 0.15) is 105 Å². The number of ether oxygens (including phenoxy) is 5. The van der Waals surface area contributed by atoms with E-state index in [0.717, 1.165) is 11.1 Å². The number of esters is 1. The number of fused-ring (bicyclic) bond motifs is 3. The second kappa shape index (κ2) is 21.4. The number of aliphatic hydroxyl groups is 3. The van der Waals surface area contributed by atoms with E-state index in [0.29, 0.717) is 55.9 Å². The molecule has 4 rings (SSSR count). The molecule has 0 spiro atoms. The predicted molar refractivity (Wildman–Crippen MR) is 213 cm³/mol. The molecule has 3 N–H and O–H groups in total. The van der Waals surface area contributed by atoms with E-state index in [1.807, 2.05) is 32.9 Å². The molecule has 0 aromatic rings. The standard InChI is InChI=1S/C44H69NO11.Ni/c1-10-13-31-15-17-34(46)30(6)39(28(4)23-32-16-18-35(47)36(25-32)52-7)55-43(50)33-14-11-12-19-45(33)42(49)41(48)44(51)29(5)24-38(54-9)40(56-44)37(53-8)22-27(3)20-26(2)21-31;/h10,21,23,27,29-40,46-47,51H,1,11-14,16-20,22,24-25H2,2-9H3;/b26-21+,28-23+;/t27-,29+,30+,31-,32-,33-,34-,35+,36+,37-,38-,39+,40+,44+;/m0./s1. The molecule has 0 unspecified atom stereocenters. The molecule has 3 aliphatic heterocycles. The van der Waals surface area contributed by atoms with E-state index in [2.05, 4.69) is 19.6 Å². The van der Waals surface area contributed by atoms with E-state index >= 15 is 0 Å². The third-order valence-electron chi connectivity index (χ3n) is 12.8. The minimum atomic E-state index is -2.49. The molecule has 3 heterocycles. The summed E-state index contributed by atoms with van der Waals surface area (Å²) in [6, 6.07) is -1.10. The number of amides is 1. The number of aliphatic hydroxyl groups excluding tert-OH is 2. The Morgan fingerprint density at radius 3 is 2.28 bits per heavy atom. The first-order valence-corrected chi connectivity index (χ1v) is 21.3. The van der Waals surface area contributed by atoms with Crippen molar-refractivity contribution < 1.29 is 68.4 Å². The van der Waals surface area contributed by atoms with Crippen LogP contribution in [-0.4, -0.2) is 125 Å². The maximum atomic E-state index is 14.3. The number of methoxy groups -OCH3 is 3. The molecule has 4 aliphatic rings. The van der Waals surface area contributed by atoms with Crippen LogP contribution in [0.15, 0.2) is 36.0 Å². The SMILES string of the molecule is C=CC[C@@H]1/C=C(\C)C[C@H](C)C[C@H](OC)[C@H]2O[C@@](O)(C(=O)C(=O)N3CCCC[C@H]3C(=O)O[C@H](/C(C)=C/[C@@H]3CC[C@@H](O)[C@H](OC)C3)[C@H](C)[C@@H](O)C[C]1=[Ni])[C@H](C)C[C@@H]2OC. The summed E-state index contributed by atoms with van der Waals surface area (Å²) >= 11 is 5.60. The first kappa shape index (κ1) is 47.6. The zero-order chi connectivity index (χ0) is 42.2. The quantitative estimate of drug-likeness (QED) is 0.140. The fraction of sp³-hybridized carbons (Fsp3) is 0.773. The van der Waals surface area contributed by atoms with Crippen LogP contribution in [-0.2, 0) is 53.1 Å². The van der Waals surface area contributed by atoms with E-state index < -0.39 is 77.9 Å². The van der Waals surface area contributed by atoms with Gasteiger partial charge < -0.3 is 0 Å². The summed E-state index contributed by atoms with van der Waals surface area (Å²) in [5, 5.41) is 34.3. The summed E-state index contributed by atoms with van der Waals surface area (Å²) in [5.74, 6) is -6.79. The summed E-state index contributed by atoms with van der Waals surface area (Å²) < 4.78 is 30.6. The van der Waals surface area contributed by atoms with Crippen molar-refractivity contribution in [1.82, 2.24) is 4.90 Å². The summed E-state index contributed by atoms with van der Waals surface area (Å²) in [7, 11) is 4.68. The van der Waals surface area contributed by atoms with Gasteiger partial charge in [-0.15, -0.1) is 0 Å². The summed E-state index contributed by atoms with van der Waals surface area (Å²) in [4.78, 5) is 44.0. The Bertz CT molecular complexity index is 1480. The number of hydrogen-bond donors (Lipinski definition) is 3. The van der Waals surface area contributed by atoms with Crippen molar-refractivity contribution in [3.63, 3.8) is 0 Å². The Labute approximate surface area is 347 Å². The number of piperidine rings is 1.